The van der Waals surface area contributed by atoms with E-state index in [1.54, 1.807) is 24.3 Å². The van der Waals surface area contributed by atoms with Gasteiger partial charge in [0.25, 0.3) is 5.91 Å². The van der Waals surface area contributed by atoms with Crippen LogP contribution in [0, 0.1) is 0 Å². The molecule has 1 aromatic rings. The van der Waals surface area contributed by atoms with E-state index in [0.29, 0.717) is 43.3 Å². The minimum absolute atomic E-state index is 0. The summed E-state index contributed by atoms with van der Waals surface area (Å²) in [7, 11) is 1.89. The van der Waals surface area contributed by atoms with Crippen LogP contribution in [0.25, 0.3) is 0 Å². The fraction of sp³-hybridized carbons (Fsp3) is 0.600. The molecule has 0 unspecified atom stereocenters. The van der Waals surface area contributed by atoms with Gasteiger partial charge in [-0.2, -0.15) is 0 Å². The molecule has 0 spiro atoms. The molecule has 1 aliphatic heterocycles. The van der Waals surface area contributed by atoms with Crippen molar-refractivity contribution < 1.29 is 14.3 Å². The Labute approximate surface area is 167 Å². The first-order valence-corrected chi connectivity index (χ1v) is 9.55. The summed E-state index contributed by atoms with van der Waals surface area (Å²) in [6, 6.07) is 7.40. The highest BCUT2D eigenvalue weighted by atomic mass is 35.5. The number of anilines is 1. The SMILES string of the molecule is CN(C(=O)c1ccc(NC(=O)C2(N)CCOCC2)cc1)C1CCCCC1.Cl. The van der Waals surface area contributed by atoms with Gasteiger partial charge in [-0.3, -0.25) is 9.59 Å². The third-order valence-corrected chi connectivity index (χ3v) is 5.67. The van der Waals surface area contributed by atoms with Gasteiger partial charge in [-0.05, 0) is 49.9 Å². The van der Waals surface area contributed by atoms with E-state index >= 15 is 0 Å². The lowest BCUT2D eigenvalue weighted by atomic mass is 9.90. The summed E-state index contributed by atoms with van der Waals surface area (Å²) >= 11 is 0. The Hall–Kier alpha value is -1.63. The topological polar surface area (TPSA) is 84.7 Å². The monoisotopic (exact) mass is 395 g/mol. The Bertz CT molecular complexity index is 638. The molecular weight excluding hydrogens is 366 g/mol. The molecule has 27 heavy (non-hydrogen) atoms. The molecule has 1 aromatic carbocycles. The number of nitrogens with two attached hydrogens (primary N) is 1. The van der Waals surface area contributed by atoms with E-state index in [0.717, 1.165) is 12.8 Å². The van der Waals surface area contributed by atoms with Gasteiger partial charge in [0, 0.05) is 37.6 Å². The van der Waals surface area contributed by atoms with Crippen molar-refractivity contribution in [2.24, 2.45) is 5.73 Å². The zero-order chi connectivity index (χ0) is 18.6. The van der Waals surface area contributed by atoms with Crippen LogP contribution in [-0.4, -0.2) is 48.6 Å². The van der Waals surface area contributed by atoms with E-state index in [1.807, 2.05) is 11.9 Å². The summed E-state index contributed by atoms with van der Waals surface area (Å²) in [6.45, 7) is 1.01. The second-order valence-electron chi connectivity index (χ2n) is 7.51. The van der Waals surface area contributed by atoms with Crippen LogP contribution in [0.3, 0.4) is 0 Å². The van der Waals surface area contributed by atoms with Crippen LogP contribution in [0.4, 0.5) is 5.69 Å². The fourth-order valence-electron chi connectivity index (χ4n) is 3.75. The van der Waals surface area contributed by atoms with Crippen LogP contribution in [0.5, 0.6) is 0 Å². The lowest BCUT2D eigenvalue weighted by Crippen LogP contribution is -2.54. The van der Waals surface area contributed by atoms with Gasteiger partial charge in [0.2, 0.25) is 5.91 Å². The van der Waals surface area contributed by atoms with Crippen LogP contribution in [0.1, 0.15) is 55.3 Å². The fourth-order valence-corrected chi connectivity index (χ4v) is 3.75. The van der Waals surface area contributed by atoms with Crippen molar-refractivity contribution in [1.82, 2.24) is 4.90 Å². The highest BCUT2D eigenvalue weighted by molar-refractivity contribution is 5.99. The summed E-state index contributed by atoms with van der Waals surface area (Å²) in [5.74, 6) is -0.159. The van der Waals surface area contributed by atoms with Crippen molar-refractivity contribution in [2.45, 2.75) is 56.5 Å². The van der Waals surface area contributed by atoms with Crippen molar-refractivity contribution in [3.63, 3.8) is 0 Å². The molecule has 3 N–H and O–H groups in total. The smallest absolute Gasteiger partial charge is 0.253 e. The van der Waals surface area contributed by atoms with Gasteiger partial charge in [0.15, 0.2) is 0 Å². The van der Waals surface area contributed by atoms with Crippen LogP contribution in [0.2, 0.25) is 0 Å². The molecule has 1 saturated heterocycles. The second-order valence-corrected chi connectivity index (χ2v) is 7.51. The maximum atomic E-state index is 12.7. The lowest BCUT2D eigenvalue weighted by Gasteiger charge is -2.32. The van der Waals surface area contributed by atoms with Gasteiger partial charge in [0.1, 0.15) is 5.54 Å². The van der Waals surface area contributed by atoms with Crippen molar-refractivity contribution >= 4 is 29.9 Å². The first kappa shape index (κ1) is 21.7. The highest BCUT2D eigenvalue weighted by Gasteiger charge is 2.35. The van der Waals surface area contributed by atoms with Crippen molar-refractivity contribution in [1.29, 1.82) is 0 Å². The molecule has 3 rings (SSSR count). The largest absolute Gasteiger partial charge is 0.381 e. The van der Waals surface area contributed by atoms with Gasteiger partial charge < -0.3 is 20.7 Å². The molecule has 2 aliphatic rings. The molecule has 0 atom stereocenters. The standard InChI is InChI=1S/C20H29N3O3.ClH/c1-23(17-5-3-2-4-6-17)18(24)15-7-9-16(10-8-15)22-19(25)20(21)11-13-26-14-12-20;/h7-10,17H,2-6,11-14,21H2,1H3,(H,22,25);1H. The Kier molecular flexibility index (Phi) is 7.65. The van der Waals surface area contributed by atoms with Gasteiger partial charge >= 0.3 is 0 Å². The van der Waals surface area contributed by atoms with Gasteiger partial charge in [-0.15, -0.1) is 12.4 Å². The Morgan fingerprint density at radius 3 is 2.30 bits per heavy atom. The number of ether oxygens (including phenoxy) is 1. The molecule has 7 heteroatoms. The molecular formula is C20H30ClN3O3. The summed E-state index contributed by atoms with van der Waals surface area (Å²) in [5.41, 5.74) is 6.62. The van der Waals surface area contributed by atoms with E-state index in [1.165, 1.54) is 19.3 Å². The van der Waals surface area contributed by atoms with Crippen molar-refractivity contribution in [2.75, 3.05) is 25.6 Å². The molecule has 0 bridgehead atoms. The van der Waals surface area contributed by atoms with E-state index in [2.05, 4.69) is 5.32 Å². The van der Waals surface area contributed by atoms with E-state index < -0.39 is 5.54 Å². The number of nitrogens with one attached hydrogen (secondary N) is 1. The minimum atomic E-state index is -0.881. The average Bonchev–Trinajstić information content (AvgIpc) is 2.68. The maximum absolute atomic E-state index is 12.7. The molecule has 1 aliphatic carbocycles. The van der Waals surface area contributed by atoms with Crippen molar-refractivity contribution in [3.8, 4) is 0 Å². The van der Waals surface area contributed by atoms with E-state index in [-0.39, 0.29) is 24.2 Å². The van der Waals surface area contributed by atoms with Gasteiger partial charge in [0.05, 0.1) is 0 Å². The Balaban J connectivity index is 0.00000261. The Morgan fingerprint density at radius 2 is 1.70 bits per heavy atom. The maximum Gasteiger partial charge on any atom is 0.253 e. The molecule has 2 amide bonds. The minimum Gasteiger partial charge on any atom is -0.381 e. The number of halogens is 1. The molecule has 0 aromatic heterocycles. The molecule has 1 heterocycles. The zero-order valence-corrected chi connectivity index (χ0v) is 16.7. The van der Waals surface area contributed by atoms with Crippen LogP contribution < -0.4 is 11.1 Å². The van der Waals surface area contributed by atoms with Gasteiger partial charge in [-0.1, -0.05) is 19.3 Å². The number of hydrogen-bond acceptors (Lipinski definition) is 4. The van der Waals surface area contributed by atoms with E-state index in [9.17, 15) is 9.59 Å². The third-order valence-electron chi connectivity index (χ3n) is 5.67. The van der Waals surface area contributed by atoms with Crippen LogP contribution >= 0.6 is 12.4 Å². The average molecular weight is 396 g/mol. The summed E-state index contributed by atoms with van der Waals surface area (Å²) in [6.07, 6.45) is 6.85. The summed E-state index contributed by atoms with van der Waals surface area (Å²) in [5, 5.41) is 2.87. The Morgan fingerprint density at radius 1 is 1.11 bits per heavy atom. The molecule has 150 valence electrons. The van der Waals surface area contributed by atoms with Crippen LogP contribution in [0.15, 0.2) is 24.3 Å². The summed E-state index contributed by atoms with van der Waals surface area (Å²) < 4.78 is 5.28. The molecule has 0 radical (unpaired) electrons. The number of carbonyl (C=O) groups excluding carboxylic acids is 2. The summed E-state index contributed by atoms with van der Waals surface area (Å²) in [4.78, 5) is 27.0. The number of benzene rings is 1. The number of rotatable bonds is 4. The first-order valence-electron chi connectivity index (χ1n) is 9.55. The number of hydrogen-bond donors (Lipinski definition) is 2. The predicted molar refractivity (Wildman–Crippen MR) is 108 cm³/mol. The molecule has 2 fully saturated rings. The lowest BCUT2D eigenvalue weighted by molar-refractivity contribution is -0.124. The predicted octanol–water partition coefficient (Wildman–Crippen LogP) is 2.96. The second kappa shape index (κ2) is 9.53. The third kappa shape index (κ3) is 5.21. The highest BCUT2D eigenvalue weighted by Crippen LogP contribution is 2.24. The van der Waals surface area contributed by atoms with Crippen molar-refractivity contribution in [3.05, 3.63) is 29.8 Å². The number of amides is 2. The van der Waals surface area contributed by atoms with E-state index in [4.69, 9.17) is 10.5 Å². The van der Waals surface area contributed by atoms with Crippen LogP contribution in [-0.2, 0) is 9.53 Å². The number of nitrogens with zero attached hydrogens (tertiary/aromatic N) is 1. The quantitative estimate of drug-likeness (QED) is 0.820. The molecule has 6 nitrogen and oxygen atoms in total. The van der Waals surface area contributed by atoms with Gasteiger partial charge in [-0.25, -0.2) is 0 Å². The first-order chi connectivity index (χ1) is 12.5. The normalized spacial score (nSPS) is 19.6. The number of carbonyl (C=O) groups is 2. The molecule has 1 saturated carbocycles. The zero-order valence-electron chi connectivity index (χ0n) is 15.9.